The maximum atomic E-state index is 11.5. The van der Waals surface area contributed by atoms with Crippen molar-refractivity contribution in [1.82, 2.24) is 4.98 Å². The topological polar surface area (TPSA) is 62.3 Å². The molecule has 0 saturated carbocycles. The van der Waals surface area contributed by atoms with Crippen LogP contribution in [0.2, 0.25) is 0 Å². The molecule has 2 unspecified atom stereocenters. The third-order valence-corrected chi connectivity index (χ3v) is 5.50. The van der Waals surface area contributed by atoms with E-state index in [0.717, 1.165) is 17.6 Å². The fourth-order valence-corrected chi connectivity index (χ4v) is 4.21. The molecule has 135 valence electrons. The maximum Gasteiger partial charge on any atom is 0.306 e. The summed E-state index contributed by atoms with van der Waals surface area (Å²) in [6.07, 6.45) is 1.47. The minimum Gasteiger partial charge on any atom is -0.481 e. The van der Waals surface area contributed by atoms with E-state index in [9.17, 15) is 9.90 Å². The molecule has 0 bridgehead atoms. The Labute approximate surface area is 181 Å². The van der Waals surface area contributed by atoms with Gasteiger partial charge in [0.25, 0.3) is 0 Å². The van der Waals surface area contributed by atoms with E-state index in [0.29, 0.717) is 13.0 Å². The van der Waals surface area contributed by atoms with Crippen molar-refractivity contribution in [2.24, 2.45) is 0 Å². The molecule has 5 heteroatoms. The largest absolute Gasteiger partial charge is 0.481 e. The van der Waals surface area contributed by atoms with Crippen molar-refractivity contribution in [3.05, 3.63) is 71.4 Å². The van der Waals surface area contributed by atoms with Crippen molar-refractivity contribution in [2.45, 2.75) is 37.7 Å². The smallest absolute Gasteiger partial charge is 0.306 e. The molecule has 2 N–H and O–H groups in total. The Morgan fingerprint density at radius 2 is 1.89 bits per heavy atom. The molecule has 0 spiro atoms. The molecule has 0 saturated heterocycles. The molecule has 3 aromatic rings. The van der Waals surface area contributed by atoms with E-state index < -0.39 is 11.6 Å². The van der Waals surface area contributed by atoms with Gasteiger partial charge >= 0.3 is 5.97 Å². The second kappa shape index (κ2) is 8.19. The molecule has 4 nitrogen and oxygen atoms in total. The first-order chi connectivity index (χ1) is 12.6. The van der Waals surface area contributed by atoms with Gasteiger partial charge in [0.1, 0.15) is 5.60 Å². The molecule has 1 aliphatic heterocycles. The zero-order valence-corrected chi connectivity index (χ0v) is 17.9. The molecule has 2 heterocycles. The van der Waals surface area contributed by atoms with Gasteiger partial charge in [-0.1, -0.05) is 55.5 Å². The van der Waals surface area contributed by atoms with Crippen LogP contribution in [0.3, 0.4) is 0 Å². The first kappa shape index (κ1) is 20.2. The van der Waals surface area contributed by atoms with Gasteiger partial charge < -0.3 is 14.8 Å². The molecule has 1 aliphatic rings. The van der Waals surface area contributed by atoms with E-state index in [2.05, 4.69) is 41.4 Å². The molecule has 1 aromatic heterocycles. The third-order valence-electron chi connectivity index (χ3n) is 5.50. The zero-order chi connectivity index (χ0) is 18.1. The standard InChI is InChI=1S/C22H23NO3.Na/c1-2-22(13-19(24)25)21-20(17-10-6-7-11-18(17)23-21)16(14-26-22)12-15-8-4-3-5-9-15;/h3-11,16,23H,2,12-14H2,1H3,(H,24,25);. The number of ether oxygens (including phenoxy) is 1. The monoisotopic (exact) mass is 372 g/mol. The van der Waals surface area contributed by atoms with Gasteiger partial charge in [-0.3, -0.25) is 4.79 Å². The van der Waals surface area contributed by atoms with E-state index in [-0.39, 0.29) is 41.9 Å². The van der Waals surface area contributed by atoms with Crippen LogP contribution in [0.15, 0.2) is 54.6 Å². The van der Waals surface area contributed by atoms with Gasteiger partial charge in [-0.15, -0.1) is 0 Å². The number of para-hydroxylation sites is 1. The molecule has 1 radical (unpaired) electrons. The van der Waals surface area contributed by atoms with Gasteiger partial charge in [-0.2, -0.15) is 0 Å². The summed E-state index contributed by atoms with van der Waals surface area (Å²) >= 11 is 0. The quantitative estimate of drug-likeness (QED) is 0.659. The number of carbonyl (C=O) groups is 1. The van der Waals surface area contributed by atoms with Crippen LogP contribution in [0.25, 0.3) is 10.9 Å². The van der Waals surface area contributed by atoms with Gasteiger partial charge in [0.2, 0.25) is 0 Å². The van der Waals surface area contributed by atoms with Gasteiger partial charge in [-0.25, -0.2) is 0 Å². The number of hydrogen-bond acceptors (Lipinski definition) is 2. The van der Waals surface area contributed by atoms with Crippen LogP contribution in [0.1, 0.15) is 42.5 Å². The number of benzene rings is 2. The number of carboxylic acid groups (broad SMARTS) is 1. The van der Waals surface area contributed by atoms with Gasteiger partial charge in [0.15, 0.2) is 0 Å². The molecule has 2 atom stereocenters. The van der Waals surface area contributed by atoms with Crippen LogP contribution in [-0.2, 0) is 21.6 Å². The van der Waals surface area contributed by atoms with Crippen molar-refractivity contribution in [3.8, 4) is 0 Å². The molecular formula is C22H23NNaO3. The summed E-state index contributed by atoms with van der Waals surface area (Å²) in [5.41, 5.74) is 3.69. The summed E-state index contributed by atoms with van der Waals surface area (Å²) in [6.45, 7) is 2.53. The van der Waals surface area contributed by atoms with Crippen molar-refractivity contribution < 1.29 is 14.6 Å². The first-order valence-electron chi connectivity index (χ1n) is 9.14. The first-order valence-corrected chi connectivity index (χ1v) is 9.14. The second-order valence-electron chi connectivity index (χ2n) is 7.08. The minimum atomic E-state index is -0.835. The number of aliphatic carboxylic acids is 1. The zero-order valence-electron chi connectivity index (χ0n) is 15.9. The Balaban J connectivity index is 0.00000210. The Morgan fingerprint density at radius 1 is 1.19 bits per heavy atom. The van der Waals surface area contributed by atoms with Crippen molar-refractivity contribution in [2.75, 3.05) is 6.61 Å². The van der Waals surface area contributed by atoms with Crippen LogP contribution in [0.4, 0.5) is 0 Å². The van der Waals surface area contributed by atoms with Crippen LogP contribution in [-0.4, -0.2) is 52.2 Å². The number of aromatic nitrogens is 1. The Bertz CT molecular complexity index is 937. The predicted octanol–water partition coefficient (Wildman–Crippen LogP) is 4.22. The molecule has 4 rings (SSSR count). The van der Waals surface area contributed by atoms with Crippen LogP contribution < -0.4 is 0 Å². The Hall–Kier alpha value is -1.59. The molecule has 0 amide bonds. The second-order valence-corrected chi connectivity index (χ2v) is 7.08. The average Bonchev–Trinajstić information content (AvgIpc) is 3.05. The fourth-order valence-electron chi connectivity index (χ4n) is 4.21. The van der Waals surface area contributed by atoms with E-state index in [1.54, 1.807) is 0 Å². The molecule has 0 aliphatic carbocycles. The normalized spacial score (nSPS) is 21.4. The van der Waals surface area contributed by atoms with Crippen molar-refractivity contribution in [1.29, 1.82) is 0 Å². The van der Waals surface area contributed by atoms with Crippen molar-refractivity contribution in [3.63, 3.8) is 0 Å². The number of hydrogen-bond donors (Lipinski definition) is 2. The maximum absolute atomic E-state index is 11.5. The van der Waals surface area contributed by atoms with Gasteiger partial charge in [0, 0.05) is 46.4 Å². The van der Waals surface area contributed by atoms with Crippen molar-refractivity contribution >= 4 is 46.4 Å². The van der Waals surface area contributed by atoms with Crippen LogP contribution in [0.5, 0.6) is 0 Å². The predicted molar refractivity (Wildman–Crippen MR) is 107 cm³/mol. The Kier molecular flexibility index (Phi) is 6.11. The fraction of sp³-hybridized carbons (Fsp3) is 0.318. The number of carboxylic acids is 1. The molecule has 27 heavy (non-hydrogen) atoms. The van der Waals surface area contributed by atoms with E-state index in [1.165, 1.54) is 16.5 Å². The summed E-state index contributed by atoms with van der Waals surface area (Å²) in [4.78, 5) is 15.0. The molecule has 2 aromatic carbocycles. The summed E-state index contributed by atoms with van der Waals surface area (Å²) in [7, 11) is 0. The summed E-state index contributed by atoms with van der Waals surface area (Å²) in [6, 6.07) is 18.6. The number of fused-ring (bicyclic) bond motifs is 3. The summed E-state index contributed by atoms with van der Waals surface area (Å²) in [5.74, 6) is -0.630. The Morgan fingerprint density at radius 3 is 2.59 bits per heavy atom. The van der Waals surface area contributed by atoms with E-state index >= 15 is 0 Å². The number of nitrogens with one attached hydrogen (secondary N) is 1. The van der Waals surface area contributed by atoms with Crippen LogP contribution >= 0.6 is 0 Å². The van der Waals surface area contributed by atoms with E-state index in [4.69, 9.17) is 4.74 Å². The van der Waals surface area contributed by atoms with Gasteiger partial charge in [-0.05, 0) is 30.0 Å². The number of rotatable bonds is 5. The van der Waals surface area contributed by atoms with E-state index in [1.807, 2.05) is 25.1 Å². The molecular weight excluding hydrogens is 349 g/mol. The summed E-state index contributed by atoms with van der Waals surface area (Å²) in [5, 5.41) is 10.6. The summed E-state index contributed by atoms with van der Waals surface area (Å²) < 4.78 is 6.25. The van der Waals surface area contributed by atoms with Gasteiger partial charge in [0.05, 0.1) is 18.7 Å². The SMILES string of the molecule is CCC1(CC(=O)O)OCC(Cc2ccccc2)c2c1[nH]c1ccccc21.[Na]. The van der Waals surface area contributed by atoms with Crippen LogP contribution in [0, 0.1) is 0 Å². The molecule has 0 fully saturated rings. The third kappa shape index (κ3) is 3.72. The minimum absolute atomic E-state index is 0. The average molecular weight is 372 g/mol. The number of H-pyrrole nitrogens is 1. The number of aromatic amines is 1.